The number of thioether (sulfide) groups is 1. The fraction of sp³-hybridized carbons (Fsp3) is 0.489. The predicted molar refractivity (Wildman–Crippen MR) is 480 cm³/mol. The summed E-state index contributed by atoms with van der Waals surface area (Å²) in [5.74, 6) is -19.0. The number of nitrogens with one attached hydrogen (secondary N) is 12. The number of primary amides is 3. The van der Waals surface area contributed by atoms with Crippen LogP contribution in [-0.2, 0) is 107 Å². The van der Waals surface area contributed by atoms with Crippen molar-refractivity contribution in [2.75, 3.05) is 51.3 Å². The lowest BCUT2D eigenvalue weighted by molar-refractivity contribution is -0.144. The van der Waals surface area contributed by atoms with Crippen molar-refractivity contribution in [3.05, 3.63) is 138 Å². The van der Waals surface area contributed by atoms with Crippen LogP contribution in [0.3, 0.4) is 0 Å². The number of nitrogens with zero attached hydrogens (tertiary/aromatic N) is 8. The lowest BCUT2D eigenvalue weighted by atomic mass is 9.90. The van der Waals surface area contributed by atoms with Crippen LogP contribution in [0.15, 0.2) is 110 Å². The molecule has 133 heavy (non-hydrogen) atoms. The number of imidazole rings is 1. The number of aliphatic hydroxyl groups excluding tert-OH is 2. The number of hydrogen-bond donors (Lipinski definition) is 19. The summed E-state index contributed by atoms with van der Waals surface area (Å²) >= 11 is 0.750. The lowest BCUT2D eigenvalue weighted by Crippen LogP contribution is -2.60. The van der Waals surface area contributed by atoms with E-state index < -0.39 is 261 Å². The van der Waals surface area contributed by atoms with E-state index in [1.54, 1.807) is 48.7 Å². The van der Waals surface area contributed by atoms with Gasteiger partial charge in [-0.1, -0.05) is 112 Å². The molecule has 15 atom stereocenters. The Morgan fingerprint density at radius 1 is 0.594 bits per heavy atom. The number of H-pyrrole nitrogens is 2. The molecule has 45 heteroatoms. The van der Waals surface area contributed by atoms with Crippen LogP contribution in [0.25, 0.3) is 21.7 Å². The minimum atomic E-state index is -1.82. The SMILES string of the molecule is CCCC[C@H]1C(=O)N[C@@H](CN)C(=O)N[C@H](C(=O)NCC(N)=O)CSCC(=O)N[C@@H](Cc2ccc(O)cc2)C(=O)N[C@@H](C)C(=O)N[C@@H](CC(N)=O)C(=O)N2CCC[C@H]2C(=O)N[C@@H](Cc2cnc[nH]2)C(=O)N[C@@H](CCC(N)=O)C(=O)N2C[C@H](O)C[C@H]2C(=O)C[C@@H](Cc2c[nH]c3ccccc23)C(=O)N[C@@H](CO)C(=O)N[C@@H](Cc2cccc3ccccc23)c2nnnn2[C@@H](CCCC)C(=O)N1C. The van der Waals surface area contributed by atoms with Crippen LogP contribution in [-0.4, -0.2) is 289 Å². The van der Waals surface area contributed by atoms with E-state index in [0.717, 1.165) is 32.3 Å². The standard InChI is InChI=1S/C88H116N24O20S/c1-5-7-21-67-84(128)103-64(38-89)82(126)105-66(79(123)95-41-74(92)119)44-133-45-75(120)98-61(31-48-24-26-54(114)27-25-48)80(124)97-47(3)77(121)102-63(37-73(91)118)87(131)110-30-14-23-68(110)85(129)101-62(35-53-40-93-46-96-53)81(125)99-59(28-29-72(90)117)86(130)111-42-55(115)36-70(111)71(116)34-51(32-52-39-94-58-20-12-11-19-57(52)58)78(122)104-65(43-113)83(127)100-60(33-50-17-13-16-49-15-9-10-18-56(49)50)76-106-107-108-112(76)69(22-8-6-2)88(132)109(67)4/h9-13,15-20,24-27,39-40,46-47,51,55,59-70,94,113-115H,5-8,14,21-23,28-38,41-45,89H2,1-4H3,(H2,90,117)(H2,91,118)(H2,92,119)(H,93,96)(H,95,123)(H,97,124)(H,98,120)(H,99,125)(H,100,127)(H,101,129)(H,102,121)(H,103,128)(H,104,122)(H,105,126)/t47-,51+,55+,59-,60-,61-,62-,63-,64-,65-,66-,67-,68-,69-,70-/m0/s1. The van der Waals surface area contributed by atoms with Gasteiger partial charge in [0.05, 0.1) is 49.8 Å². The van der Waals surface area contributed by atoms with Crippen LogP contribution < -0.4 is 76.1 Å². The van der Waals surface area contributed by atoms with Crippen LogP contribution in [0.2, 0.25) is 0 Å². The highest BCUT2D eigenvalue weighted by Crippen LogP contribution is 2.32. The van der Waals surface area contributed by atoms with Gasteiger partial charge in [-0.15, -0.1) is 16.9 Å². The van der Waals surface area contributed by atoms with Gasteiger partial charge < -0.3 is 116 Å². The fourth-order valence-corrected chi connectivity index (χ4v) is 17.3. The number of carbonyl (C=O) groups is 17. The van der Waals surface area contributed by atoms with E-state index in [-0.39, 0.29) is 75.2 Å². The molecule has 0 bridgehead atoms. The first kappa shape index (κ1) is 101. The Morgan fingerprint density at radius 2 is 1.23 bits per heavy atom. The Morgan fingerprint density at radius 3 is 1.92 bits per heavy atom. The summed E-state index contributed by atoms with van der Waals surface area (Å²) in [5, 5.41) is 73.9. The number of Topliss-reactive ketones (excluding diaryl/α,β-unsaturated/α-hetero) is 1. The summed E-state index contributed by atoms with van der Waals surface area (Å²) in [7, 11) is 1.36. The van der Waals surface area contributed by atoms with Crippen molar-refractivity contribution in [1.29, 1.82) is 0 Å². The van der Waals surface area contributed by atoms with Crippen molar-refractivity contribution in [1.82, 2.24) is 103 Å². The average Bonchev–Trinajstić information content (AvgIpc) is 1.73. The van der Waals surface area contributed by atoms with Crippen molar-refractivity contribution in [2.45, 2.75) is 215 Å². The topological polar surface area (TPSA) is 673 Å². The van der Waals surface area contributed by atoms with Gasteiger partial charge in [0.2, 0.25) is 94.5 Å². The van der Waals surface area contributed by atoms with E-state index in [4.69, 9.17) is 22.9 Å². The van der Waals surface area contributed by atoms with E-state index in [2.05, 4.69) is 83.6 Å². The first-order chi connectivity index (χ1) is 63.7. The normalized spacial score (nSPS) is 24.7. The number of rotatable bonds is 24. The average molecular weight is 1860 g/mol. The zero-order valence-electron chi connectivity index (χ0n) is 74.1. The van der Waals surface area contributed by atoms with Gasteiger partial charge in [0.15, 0.2) is 11.6 Å². The van der Waals surface area contributed by atoms with Crippen LogP contribution in [0.5, 0.6) is 5.75 Å². The number of benzene rings is 4. The number of ketones is 1. The van der Waals surface area contributed by atoms with E-state index in [0.29, 0.717) is 53.3 Å². The first-order valence-electron chi connectivity index (χ1n) is 44.0. The molecule has 2 saturated heterocycles. The second kappa shape index (κ2) is 48.4. The molecule has 6 heterocycles. The molecule has 7 aromatic rings. The highest BCUT2D eigenvalue weighted by Gasteiger charge is 2.46. The molecule has 4 aromatic carbocycles. The molecule has 3 aromatic heterocycles. The third-order valence-corrected chi connectivity index (χ3v) is 24.6. The maximum absolute atomic E-state index is 15.7. The molecule has 714 valence electrons. The molecule has 3 aliphatic heterocycles. The highest BCUT2D eigenvalue weighted by atomic mass is 32.2. The fourth-order valence-electron chi connectivity index (χ4n) is 16.4. The number of unbranched alkanes of at least 4 members (excludes halogenated alkanes) is 2. The molecule has 0 unspecified atom stereocenters. The van der Waals surface area contributed by atoms with Gasteiger partial charge in [-0.2, -0.15) is 0 Å². The number of hydrogen-bond acceptors (Lipinski definition) is 26. The van der Waals surface area contributed by atoms with Gasteiger partial charge in [0.1, 0.15) is 72.2 Å². The maximum atomic E-state index is 15.7. The number of aromatic hydroxyl groups is 1. The number of aromatic nitrogens is 7. The van der Waals surface area contributed by atoms with Crippen LogP contribution in [0.1, 0.15) is 145 Å². The number of aromatic amines is 2. The summed E-state index contributed by atoms with van der Waals surface area (Å²) in [6, 6.07) is 4.96. The Hall–Kier alpha value is -13.8. The number of phenols is 1. The van der Waals surface area contributed by atoms with E-state index in [1.165, 1.54) is 60.3 Å². The number of fused-ring (bicyclic) bond motifs is 5. The van der Waals surface area contributed by atoms with Crippen molar-refractivity contribution in [3.8, 4) is 5.75 Å². The second-order valence-electron chi connectivity index (χ2n) is 33.3. The second-order valence-corrected chi connectivity index (χ2v) is 34.4. The molecule has 16 amide bonds. The molecule has 0 saturated carbocycles. The Balaban J connectivity index is 1.02. The molecule has 0 radical (unpaired) electrons. The van der Waals surface area contributed by atoms with Crippen molar-refractivity contribution in [2.24, 2.45) is 28.9 Å². The Bertz CT molecular complexity index is 5340. The Labute approximate surface area is 768 Å². The third kappa shape index (κ3) is 27.7. The van der Waals surface area contributed by atoms with Gasteiger partial charge in [-0.3, -0.25) is 81.5 Å². The van der Waals surface area contributed by atoms with Crippen molar-refractivity contribution < 1.29 is 96.8 Å². The quantitative estimate of drug-likeness (QED) is 0.0279. The number of amides is 16. The molecule has 44 nitrogen and oxygen atoms in total. The van der Waals surface area contributed by atoms with Gasteiger partial charge in [-0.05, 0) is 102 Å². The highest BCUT2D eigenvalue weighted by molar-refractivity contribution is 8.00. The summed E-state index contributed by atoms with van der Waals surface area (Å²) in [6.07, 6.45) is 0.673. The summed E-state index contributed by atoms with van der Waals surface area (Å²) in [5.41, 5.74) is 25.4. The summed E-state index contributed by atoms with van der Waals surface area (Å²) in [6.45, 7) is 1.85. The molecule has 0 spiro atoms. The summed E-state index contributed by atoms with van der Waals surface area (Å²) in [4.78, 5) is 259. The number of tetrazole rings is 1. The van der Waals surface area contributed by atoms with Crippen LogP contribution in [0, 0.1) is 5.92 Å². The Kier molecular flexibility index (Phi) is 36.8. The number of nitrogens with two attached hydrogens (primary N) is 4. The smallest absolute Gasteiger partial charge is 0.248 e. The first-order valence-corrected chi connectivity index (χ1v) is 45.2. The number of aliphatic hydroxyl groups is 2. The number of likely N-dealkylation sites (N-methyl/N-ethyl adjacent to an activating group) is 1. The molecule has 23 N–H and O–H groups in total. The monoisotopic (exact) mass is 1860 g/mol. The molecule has 3 aliphatic rings. The predicted octanol–water partition coefficient (Wildman–Crippen LogP) is -3.52. The zero-order chi connectivity index (χ0) is 96.3. The maximum Gasteiger partial charge on any atom is 0.248 e. The van der Waals surface area contributed by atoms with Crippen LogP contribution >= 0.6 is 11.8 Å². The van der Waals surface area contributed by atoms with E-state index >= 15 is 28.8 Å². The van der Waals surface area contributed by atoms with Crippen molar-refractivity contribution >= 4 is 134 Å². The third-order valence-electron chi connectivity index (χ3n) is 23.5. The molecule has 2 fully saturated rings. The lowest BCUT2D eigenvalue weighted by Gasteiger charge is -2.32. The van der Waals surface area contributed by atoms with Crippen molar-refractivity contribution in [3.63, 3.8) is 0 Å². The van der Waals surface area contributed by atoms with Crippen LogP contribution in [0.4, 0.5) is 0 Å². The number of carbonyl (C=O) groups excluding carboxylic acids is 17. The number of phenolic OH excluding ortho intramolecular Hbond substituents is 1. The van der Waals surface area contributed by atoms with Gasteiger partial charge in [0, 0.05) is 106 Å². The molecular weight excluding hydrogens is 1750 g/mol. The zero-order valence-corrected chi connectivity index (χ0v) is 74.9. The van der Waals surface area contributed by atoms with Gasteiger partial charge in [-0.25, -0.2) is 9.67 Å². The molecule has 0 aliphatic carbocycles. The van der Waals surface area contributed by atoms with E-state index in [9.17, 15) is 68.1 Å². The summed E-state index contributed by atoms with van der Waals surface area (Å²) < 4.78 is 1.22. The largest absolute Gasteiger partial charge is 0.508 e. The minimum absolute atomic E-state index is 0.00115. The number of para-hydroxylation sites is 1. The molecular formula is C88H116N24O20S. The van der Waals surface area contributed by atoms with Gasteiger partial charge >= 0.3 is 0 Å². The molecule has 10 rings (SSSR count). The van der Waals surface area contributed by atoms with Gasteiger partial charge in [0.25, 0.3) is 0 Å². The van der Waals surface area contributed by atoms with E-state index in [1.807, 2.05) is 38.1 Å². The minimum Gasteiger partial charge on any atom is -0.508 e.